The second kappa shape index (κ2) is 6.51. The number of carbonyl (C=O) groups excluding carboxylic acids is 1. The number of amides is 1. The minimum absolute atomic E-state index is 0.0947. The molecule has 2 N–H and O–H groups in total. The van der Waals surface area contributed by atoms with Crippen molar-refractivity contribution in [3.05, 3.63) is 45.7 Å². The van der Waals surface area contributed by atoms with Crippen LogP contribution in [-0.2, 0) is 14.8 Å². The molecule has 2 heterocycles. The quantitative estimate of drug-likeness (QED) is 0.629. The van der Waals surface area contributed by atoms with Gasteiger partial charge in [-0.3, -0.25) is 10.0 Å². The summed E-state index contributed by atoms with van der Waals surface area (Å²) in [6.45, 7) is 3.74. The van der Waals surface area contributed by atoms with E-state index in [1.807, 2.05) is 30.3 Å². The van der Waals surface area contributed by atoms with Crippen molar-refractivity contribution in [2.45, 2.75) is 31.6 Å². The SMILES string of the molecule is CC(C)C(C(=O)NO)N1CC2=C(SC(c3ccccc3)C2)S1(=O)=O. The molecule has 2 aliphatic heterocycles. The minimum atomic E-state index is -3.70. The first-order chi connectivity index (χ1) is 11.4. The van der Waals surface area contributed by atoms with Gasteiger partial charge in [0.2, 0.25) is 10.0 Å². The molecule has 1 aromatic carbocycles. The third kappa shape index (κ3) is 2.88. The third-order valence-electron chi connectivity index (χ3n) is 4.35. The zero-order chi connectivity index (χ0) is 17.5. The molecule has 1 amide bonds. The van der Waals surface area contributed by atoms with Crippen LogP contribution in [0, 0.1) is 5.92 Å². The number of nitrogens with one attached hydrogen (secondary N) is 1. The molecule has 3 rings (SSSR count). The third-order valence-corrected chi connectivity index (χ3v) is 8.23. The molecule has 0 saturated carbocycles. The Hall–Kier alpha value is -1.35. The summed E-state index contributed by atoms with van der Waals surface area (Å²) >= 11 is 1.35. The van der Waals surface area contributed by atoms with Gasteiger partial charge in [-0.15, -0.1) is 11.8 Å². The molecular formula is C16H20N2O4S2. The molecule has 0 radical (unpaired) electrons. The monoisotopic (exact) mass is 368 g/mol. The molecule has 2 aliphatic rings. The van der Waals surface area contributed by atoms with Gasteiger partial charge in [-0.25, -0.2) is 13.9 Å². The van der Waals surface area contributed by atoms with Gasteiger partial charge in [-0.2, -0.15) is 4.31 Å². The number of thioether (sulfide) groups is 1. The second-order valence-electron chi connectivity index (χ2n) is 6.33. The first-order valence-electron chi connectivity index (χ1n) is 7.75. The molecule has 2 atom stereocenters. The van der Waals surface area contributed by atoms with E-state index in [0.717, 1.165) is 11.1 Å². The van der Waals surface area contributed by atoms with Crippen LogP contribution in [0.3, 0.4) is 0 Å². The van der Waals surface area contributed by atoms with Gasteiger partial charge in [0.15, 0.2) is 0 Å². The standard InChI is InChI=1S/C16H20N2O4S2/c1-10(2)14(15(19)17-20)18-9-12-8-13(11-6-4-3-5-7-11)23-16(12)24(18,21)22/h3-7,10,13-14,20H,8-9H2,1-2H3,(H,17,19). The highest BCUT2D eigenvalue weighted by molar-refractivity contribution is 8.18. The smallest absolute Gasteiger partial charge is 0.262 e. The molecule has 0 spiro atoms. The molecule has 8 heteroatoms. The first kappa shape index (κ1) is 17.5. The molecule has 2 unspecified atom stereocenters. The van der Waals surface area contributed by atoms with Gasteiger partial charge in [0.25, 0.3) is 5.91 Å². The molecular weight excluding hydrogens is 348 g/mol. The fourth-order valence-electron chi connectivity index (χ4n) is 3.25. The van der Waals surface area contributed by atoms with Gasteiger partial charge in [0.05, 0.1) is 0 Å². The molecule has 130 valence electrons. The highest BCUT2D eigenvalue weighted by Crippen LogP contribution is 2.54. The van der Waals surface area contributed by atoms with Crippen molar-refractivity contribution in [2.75, 3.05) is 6.54 Å². The molecule has 0 bridgehead atoms. The summed E-state index contributed by atoms with van der Waals surface area (Å²) in [5, 5.41) is 9.03. The normalized spacial score (nSPS) is 24.2. The van der Waals surface area contributed by atoms with Gasteiger partial charge >= 0.3 is 0 Å². The maximum absolute atomic E-state index is 12.9. The molecule has 1 aromatic rings. The molecule has 0 saturated heterocycles. The van der Waals surface area contributed by atoms with Crippen LogP contribution in [0.1, 0.15) is 31.1 Å². The summed E-state index contributed by atoms with van der Waals surface area (Å²) in [6.07, 6.45) is 0.658. The van der Waals surface area contributed by atoms with Crippen molar-refractivity contribution >= 4 is 27.7 Å². The number of rotatable bonds is 4. The van der Waals surface area contributed by atoms with Crippen LogP contribution in [0.5, 0.6) is 0 Å². The number of benzene rings is 1. The highest BCUT2D eigenvalue weighted by Gasteiger charge is 2.48. The summed E-state index contributed by atoms with van der Waals surface area (Å²) in [5.74, 6) is -0.943. The number of sulfonamides is 1. The van der Waals surface area contributed by atoms with E-state index in [4.69, 9.17) is 5.21 Å². The number of carbonyl (C=O) groups is 1. The zero-order valence-corrected chi connectivity index (χ0v) is 15.1. The van der Waals surface area contributed by atoms with E-state index in [-0.39, 0.29) is 17.7 Å². The van der Waals surface area contributed by atoms with Crippen molar-refractivity contribution in [3.63, 3.8) is 0 Å². The summed E-state index contributed by atoms with van der Waals surface area (Å²) in [6, 6.07) is 8.91. The van der Waals surface area contributed by atoms with Crippen LogP contribution in [0.15, 0.2) is 40.1 Å². The minimum Gasteiger partial charge on any atom is -0.289 e. The summed E-state index contributed by atoms with van der Waals surface area (Å²) in [7, 11) is -3.70. The Bertz CT molecular complexity index is 775. The number of hydrogen-bond donors (Lipinski definition) is 2. The Labute approximate surface area is 145 Å². The lowest BCUT2D eigenvalue weighted by Crippen LogP contribution is -2.50. The van der Waals surface area contributed by atoms with E-state index < -0.39 is 22.0 Å². The van der Waals surface area contributed by atoms with Crippen molar-refractivity contribution in [2.24, 2.45) is 5.92 Å². The Balaban J connectivity index is 1.84. The van der Waals surface area contributed by atoms with E-state index in [9.17, 15) is 13.2 Å². The van der Waals surface area contributed by atoms with Gasteiger partial charge in [0, 0.05) is 11.8 Å². The van der Waals surface area contributed by atoms with E-state index in [1.54, 1.807) is 19.3 Å². The Kier molecular flexibility index (Phi) is 4.74. The van der Waals surface area contributed by atoms with Crippen molar-refractivity contribution in [3.8, 4) is 0 Å². The maximum atomic E-state index is 12.9. The Morgan fingerprint density at radius 2 is 2.00 bits per heavy atom. The average molecular weight is 368 g/mol. The van der Waals surface area contributed by atoms with E-state index in [1.165, 1.54) is 16.1 Å². The highest BCUT2D eigenvalue weighted by atomic mass is 32.3. The zero-order valence-electron chi connectivity index (χ0n) is 13.5. The van der Waals surface area contributed by atoms with Gasteiger partial charge in [0.1, 0.15) is 10.3 Å². The van der Waals surface area contributed by atoms with Gasteiger partial charge < -0.3 is 0 Å². The molecule has 0 aromatic heterocycles. The lowest BCUT2D eigenvalue weighted by Gasteiger charge is -2.29. The van der Waals surface area contributed by atoms with Gasteiger partial charge in [-0.1, -0.05) is 44.2 Å². The lowest BCUT2D eigenvalue weighted by atomic mass is 10.0. The molecule has 0 fully saturated rings. The number of hydrogen-bond acceptors (Lipinski definition) is 5. The fourth-order valence-corrected chi connectivity index (χ4v) is 7.21. The maximum Gasteiger partial charge on any atom is 0.262 e. The number of nitrogens with zero attached hydrogens (tertiary/aromatic N) is 1. The van der Waals surface area contributed by atoms with Crippen LogP contribution in [-0.4, -0.2) is 36.4 Å². The molecule has 6 nitrogen and oxygen atoms in total. The Morgan fingerprint density at radius 3 is 2.54 bits per heavy atom. The summed E-state index contributed by atoms with van der Waals surface area (Å²) in [4.78, 5) is 11.9. The van der Waals surface area contributed by atoms with E-state index in [2.05, 4.69) is 0 Å². The predicted molar refractivity (Wildman–Crippen MR) is 92.6 cm³/mol. The Morgan fingerprint density at radius 1 is 1.33 bits per heavy atom. The van der Waals surface area contributed by atoms with Crippen LogP contribution in [0.25, 0.3) is 0 Å². The molecule has 0 aliphatic carbocycles. The van der Waals surface area contributed by atoms with Crippen molar-refractivity contribution < 1.29 is 18.4 Å². The second-order valence-corrected chi connectivity index (χ2v) is 9.63. The van der Waals surface area contributed by atoms with Gasteiger partial charge in [-0.05, 0) is 23.5 Å². The lowest BCUT2D eigenvalue weighted by molar-refractivity contribution is -0.134. The fraction of sp³-hybridized carbons (Fsp3) is 0.438. The summed E-state index contributed by atoms with van der Waals surface area (Å²) in [5.41, 5.74) is 3.55. The largest absolute Gasteiger partial charge is 0.289 e. The van der Waals surface area contributed by atoms with E-state index >= 15 is 0 Å². The van der Waals surface area contributed by atoms with Crippen molar-refractivity contribution in [1.82, 2.24) is 9.79 Å². The summed E-state index contributed by atoms with van der Waals surface area (Å²) < 4.78 is 27.4. The van der Waals surface area contributed by atoms with Crippen LogP contribution < -0.4 is 5.48 Å². The topological polar surface area (TPSA) is 86.7 Å². The number of hydroxylamine groups is 1. The molecule has 24 heavy (non-hydrogen) atoms. The van der Waals surface area contributed by atoms with Crippen LogP contribution in [0.4, 0.5) is 0 Å². The first-order valence-corrected chi connectivity index (χ1v) is 10.1. The predicted octanol–water partition coefficient (Wildman–Crippen LogP) is 2.25. The average Bonchev–Trinajstić information content (AvgIpc) is 3.07. The van der Waals surface area contributed by atoms with E-state index in [0.29, 0.717) is 10.7 Å². The van der Waals surface area contributed by atoms with Crippen LogP contribution in [0.2, 0.25) is 0 Å². The van der Waals surface area contributed by atoms with Crippen LogP contribution >= 0.6 is 11.8 Å². The van der Waals surface area contributed by atoms with Crippen molar-refractivity contribution in [1.29, 1.82) is 0 Å².